The maximum Gasteiger partial charge on any atom is 0.416 e. The molecule has 2 heterocycles. The van der Waals surface area contributed by atoms with Crippen molar-refractivity contribution in [2.75, 3.05) is 31.1 Å². The van der Waals surface area contributed by atoms with Gasteiger partial charge in [0.25, 0.3) is 0 Å². The van der Waals surface area contributed by atoms with E-state index in [0.717, 1.165) is 29.6 Å². The first-order chi connectivity index (χ1) is 16.2. The number of nitrogens with zero attached hydrogens (tertiary/aromatic N) is 4. The molecule has 2 aromatic rings. The quantitative estimate of drug-likeness (QED) is 0.513. The van der Waals surface area contributed by atoms with Crippen LogP contribution in [0.25, 0.3) is 0 Å². The topological polar surface area (TPSA) is 49.3 Å². The zero-order valence-electron chi connectivity index (χ0n) is 21.7. The fraction of sp³-hybridized carbons (Fsp3) is 0.593. The molecule has 5 nitrogen and oxygen atoms in total. The molecule has 3 rings (SSSR count). The minimum Gasteiger partial charge on any atom is -0.353 e. The Kier molecular flexibility index (Phi) is 8.12. The molecule has 0 aliphatic carbocycles. The highest BCUT2D eigenvalue weighted by molar-refractivity contribution is 5.76. The summed E-state index contributed by atoms with van der Waals surface area (Å²) < 4.78 is 39.6. The van der Waals surface area contributed by atoms with Gasteiger partial charge < -0.3 is 9.80 Å². The van der Waals surface area contributed by atoms with Gasteiger partial charge in [-0.25, -0.2) is 9.97 Å². The van der Waals surface area contributed by atoms with Crippen LogP contribution in [0, 0.1) is 25.2 Å². The van der Waals surface area contributed by atoms with Crippen LogP contribution in [0.2, 0.25) is 0 Å². The average molecular weight is 491 g/mol. The number of anilines is 1. The van der Waals surface area contributed by atoms with Gasteiger partial charge in [-0.3, -0.25) is 4.79 Å². The summed E-state index contributed by atoms with van der Waals surface area (Å²) in [6, 6.07) is 5.42. The summed E-state index contributed by atoms with van der Waals surface area (Å²) in [7, 11) is 0. The Labute approximate surface area is 206 Å². The Bertz CT molecular complexity index is 1040. The summed E-state index contributed by atoms with van der Waals surface area (Å²) in [5.41, 5.74) is 1.69. The molecule has 1 atom stereocenters. The largest absolute Gasteiger partial charge is 0.416 e. The van der Waals surface area contributed by atoms with Crippen molar-refractivity contribution < 1.29 is 18.0 Å². The molecule has 8 heteroatoms. The van der Waals surface area contributed by atoms with Gasteiger partial charge in [-0.1, -0.05) is 45.9 Å². The second-order valence-corrected chi connectivity index (χ2v) is 11.0. The van der Waals surface area contributed by atoms with Gasteiger partial charge in [-0.05, 0) is 43.2 Å². The molecule has 1 saturated heterocycles. The molecule has 0 N–H and O–H groups in total. The summed E-state index contributed by atoms with van der Waals surface area (Å²) in [5.74, 6) is 1.88. The van der Waals surface area contributed by atoms with E-state index in [2.05, 4.69) is 42.6 Å². The van der Waals surface area contributed by atoms with Gasteiger partial charge in [0.15, 0.2) is 0 Å². The number of halogens is 3. The summed E-state index contributed by atoms with van der Waals surface area (Å²) >= 11 is 0. The molecule has 1 aliphatic rings. The predicted octanol–water partition coefficient (Wildman–Crippen LogP) is 5.81. The number of amides is 1. The van der Waals surface area contributed by atoms with E-state index in [0.29, 0.717) is 56.3 Å². The van der Waals surface area contributed by atoms with Gasteiger partial charge in [-0.15, -0.1) is 0 Å². The first-order valence-corrected chi connectivity index (χ1v) is 12.3. The second-order valence-electron chi connectivity index (χ2n) is 11.0. The van der Waals surface area contributed by atoms with Gasteiger partial charge in [0.2, 0.25) is 5.91 Å². The molecule has 1 aromatic heterocycles. The Morgan fingerprint density at radius 3 is 2.31 bits per heavy atom. The van der Waals surface area contributed by atoms with Gasteiger partial charge in [0, 0.05) is 50.3 Å². The molecule has 1 fully saturated rings. The summed E-state index contributed by atoms with van der Waals surface area (Å²) in [4.78, 5) is 26.1. The predicted molar refractivity (Wildman–Crippen MR) is 132 cm³/mol. The molecule has 1 aromatic carbocycles. The van der Waals surface area contributed by atoms with E-state index in [9.17, 15) is 18.0 Å². The third kappa shape index (κ3) is 7.42. The van der Waals surface area contributed by atoms with Crippen molar-refractivity contribution in [2.45, 2.75) is 67.0 Å². The molecule has 1 aliphatic heterocycles. The standard InChI is InChI=1S/C27H37F3N4O/c1-18(17-26(4,5)6)14-24(35)33-10-12-34(13-11-33)25-23(19(2)31-20(3)32-25)16-21-8-7-9-22(15-21)27(28,29)30/h7-9,15,18H,10-14,16-17H2,1-6H3/t18-/m1/s1. The van der Waals surface area contributed by atoms with E-state index in [1.165, 1.54) is 12.1 Å². The van der Waals surface area contributed by atoms with Gasteiger partial charge in [0.1, 0.15) is 11.6 Å². The second kappa shape index (κ2) is 10.5. The molecule has 0 saturated carbocycles. The lowest BCUT2D eigenvalue weighted by Gasteiger charge is -2.37. The zero-order valence-corrected chi connectivity index (χ0v) is 21.7. The highest BCUT2D eigenvalue weighted by Crippen LogP contribution is 2.32. The van der Waals surface area contributed by atoms with Gasteiger partial charge in [0.05, 0.1) is 5.56 Å². The number of rotatable bonds is 6. The number of carbonyl (C=O) groups excluding carboxylic acids is 1. The van der Waals surface area contributed by atoms with Crippen LogP contribution in [0.15, 0.2) is 24.3 Å². The van der Waals surface area contributed by atoms with Crippen LogP contribution >= 0.6 is 0 Å². The highest BCUT2D eigenvalue weighted by Gasteiger charge is 2.31. The maximum absolute atomic E-state index is 13.2. The van der Waals surface area contributed by atoms with Crippen LogP contribution in [0.3, 0.4) is 0 Å². The van der Waals surface area contributed by atoms with E-state index in [4.69, 9.17) is 0 Å². The average Bonchev–Trinajstić information content (AvgIpc) is 2.74. The minimum absolute atomic E-state index is 0.181. The summed E-state index contributed by atoms with van der Waals surface area (Å²) in [6.45, 7) is 14.9. The number of alkyl halides is 3. The van der Waals surface area contributed by atoms with Crippen molar-refractivity contribution in [3.8, 4) is 0 Å². The van der Waals surface area contributed by atoms with E-state index in [-0.39, 0.29) is 11.3 Å². The monoisotopic (exact) mass is 490 g/mol. The summed E-state index contributed by atoms with van der Waals surface area (Å²) in [6.07, 6.45) is -2.53. The molecule has 0 radical (unpaired) electrons. The lowest BCUT2D eigenvalue weighted by Crippen LogP contribution is -2.49. The summed E-state index contributed by atoms with van der Waals surface area (Å²) in [5, 5.41) is 0. The third-order valence-corrected chi connectivity index (χ3v) is 6.35. The molecule has 35 heavy (non-hydrogen) atoms. The normalized spacial score (nSPS) is 15.9. The lowest BCUT2D eigenvalue weighted by molar-refractivity contribution is -0.137. The van der Waals surface area contributed by atoms with E-state index in [1.807, 2.05) is 18.7 Å². The SMILES string of the molecule is Cc1nc(C)c(Cc2cccc(C(F)(F)F)c2)c(N2CCN(C(=O)C[C@@H](C)CC(C)(C)C)CC2)n1. The minimum atomic E-state index is -4.38. The first kappa shape index (κ1) is 27.0. The number of carbonyl (C=O) groups is 1. The molecular formula is C27H37F3N4O. The van der Waals surface area contributed by atoms with Gasteiger partial charge >= 0.3 is 6.18 Å². The number of benzene rings is 1. The zero-order chi connectivity index (χ0) is 26.0. The number of hydrogen-bond donors (Lipinski definition) is 0. The van der Waals surface area contributed by atoms with Crippen molar-refractivity contribution in [3.05, 3.63) is 52.5 Å². The van der Waals surface area contributed by atoms with Crippen LogP contribution in [0.1, 0.15) is 68.7 Å². The van der Waals surface area contributed by atoms with Crippen molar-refractivity contribution in [3.63, 3.8) is 0 Å². The van der Waals surface area contributed by atoms with Crippen LogP contribution in [0.5, 0.6) is 0 Å². The van der Waals surface area contributed by atoms with Crippen molar-refractivity contribution in [2.24, 2.45) is 11.3 Å². The Morgan fingerprint density at radius 1 is 1.06 bits per heavy atom. The Balaban J connectivity index is 1.73. The van der Waals surface area contributed by atoms with E-state index >= 15 is 0 Å². The van der Waals surface area contributed by atoms with Gasteiger partial charge in [-0.2, -0.15) is 13.2 Å². The first-order valence-electron chi connectivity index (χ1n) is 12.3. The lowest BCUT2D eigenvalue weighted by atomic mass is 9.84. The molecule has 0 unspecified atom stereocenters. The molecule has 0 spiro atoms. The number of hydrogen-bond acceptors (Lipinski definition) is 4. The van der Waals surface area contributed by atoms with Crippen LogP contribution in [0.4, 0.5) is 19.0 Å². The number of aromatic nitrogens is 2. The van der Waals surface area contributed by atoms with Crippen LogP contribution in [-0.4, -0.2) is 47.0 Å². The van der Waals surface area contributed by atoms with Crippen molar-refractivity contribution in [1.82, 2.24) is 14.9 Å². The van der Waals surface area contributed by atoms with E-state index in [1.54, 1.807) is 6.07 Å². The highest BCUT2D eigenvalue weighted by atomic mass is 19.4. The Hall–Kier alpha value is -2.64. The van der Waals surface area contributed by atoms with Crippen LogP contribution < -0.4 is 4.90 Å². The smallest absolute Gasteiger partial charge is 0.353 e. The fourth-order valence-electron chi connectivity index (χ4n) is 4.96. The molecular weight excluding hydrogens is 453 g/mol. The molecule has 192 valence electrons. The molecule has 1 amide bonds. The van der Waals surface area contributed by atoms with Crippen LogP contribution in [-0.2, 0) is 17.4 Å². The fourth-order valence-corrected chi connectivity index (χ4v) is 4.96. The number of piperazine rings is 1. The maximum atomic E-state index is 13.2. The Morgan fingerprint density at radius 2 is 1.71 bits per heavy atom. The third-order valence-electron chi connectivity index (χ3n) is 6.35. The van der Waals surface area contributed by atoms with Crippen molar-refractivity contribution in [1.29, 1.82) is 0 Å². The van der Waals surface area contributed by atoms with E-state index < -0.39 is 11.7 Å². The van der Waals surface area contributed by atoms with Crippen molar-refractivity contribution >= 4 is 11.7 Å². The number of aryl methyl sites for hydroxylation is 2. The molecule has 0 bridgehead atoms.